The minimum Gasteiger partial charge on any atom is -0.382 e. The topological polar surface area (TPSA) is 55.0 Å². The van der Waals surface area contributed by atoms with Crippen LogP contribution in [0.4, 0.5) is 20.4 Å². The summed E-state index contributed by atoms with van der Waals surface area (Å²) in [5.74, 6) is -1.86. The molecule has 2 rings (SSSR count). The zero-order valence-corrected chi connectivity index (χ0v) is 7.45. The maximum Gasteiger partial charge on any atom is 0.266 e. The average molecular weight is 200 g/mol. The highest BCUT2D eigenvalue weighted by Gasteiger charge is 2.38. The van der Waals surface area contributed by atoms with Crippen molar-refractivity contribution in [3.63, 3.8) is 0 Å². The fourth-order valence-electron chi connectivity index (χ4n) is 1.43. The Morgan fingerprint density at radius 2 is 2.14 bits per heavy atom. The lowest BCUT2D eigenvalue weighted by atomic mass is 10.3. The van der Waals surface area contributed by atoms with Crippen LogP contribution in [0.5, 0.6) is 0 Å². The van der Waals surface area contributed by atoms with Gasteiger partial charge in [-0.15, -0.1) is 0 Å². The summed E-state index contributed by atoms with van der Waals surface area (Å²) in [6, 6.07) is 0. The van der Waals surface area contributed by atoms with Crippen molar-refractivity contribution in [2.75, 3.05) is 23.7 Å². The summed E-state index contributed by atoms with van der Waals surface area (Å²) >= 11 is 0. The van der Waals surface area contributed by atoms with Crippen molar-refractivity contribution >= 4 is 11.6 Å². The van der Waals surface area contributed by atoms with Crippen LogP contribution < -0.4 is 10.6 Å². The lowest BCUT2D eigenvalue weighted by Crippen LogP contribution is -2.25. The average Bonchev–Trinajstić information content (AvgIpc) is 2.47. The number of aromatic nitrogens is 2. The summed E-state index contributed by atoms with van der Waals surface area (Å²) in [6.07, 6.45) is 2.65. The Hall–Kier alpha value is -1.46. The summed E-state index contributed by atoms with van der Waals surface area (Å²) < 4.78 is 25.7. The number of hydrogen-bond donors (Lipinski definition) is 1. The predicted molar refractivity (Wildman–Crippen MR) is 48.2 cm³/mol. The van der Waals surface area contributed by atoms with Crippen LogP contribution in [0.25, 0.3) is 0 Å². The Bertz CT molecular complexity index is 325. The maximum absolute atomic E-state index is 12.8. The van der Waals surface area contributed by atoms with E-state index in [-0.39, 0.29) is 13.0 Å². The number of rotatable bonds is 1. The number of anilines is 2. The van der Waals surface area contributed by atoms with E-state index < -0.39 is 5.92 Å². The van der Waals surface area contributed by atoms with Crippen LogP contribution in [0, 0.1) is 0 Å². The highest BCUT2D eigenvalue weighted by atomic mass is 19.3. The van der Waals surface area contributed by atoms with Gasteiger partial charge in [0.05, 0.1) is 18.9 Å². The van der Waals surface area contributed by atoms with Gasteiger partial charge >= 0.3 is 0 Å². The normalized spacial score (nSPS) is 20.0. The smallest absolute Gasteiger partial charge is 0.266 e. The van der Waals surface area contributed by atoms with E-state index in [1.165, 1.54) is 17.3 Å². The molecule has 0 bridgehead atoms. The Labute approximate surface area is 79.8 Å². The largest absolute Gasteiger partial charge is 0.382 e. The van der Waals surface area contributed by atoms with Gasteiger partial charge in [0.1, 0.15) is 11.6 Å². The van der Waals surface area contributed by atoms with E-state index >= 15 is 0 Å². The van der Waals surface area contributed by atoms with Gasteiger partial charge in [-0.3, -0.25) is 0 Å². The fraction of sp³-hybridized carbons (Fsp3) is 0.500. The van der Waals surface area contributed by atoms with E-state index in [2.05, 4.69) is 9.97 Å². The lowest BCUT2D eigenvalue weighted by Gasteiger charge is -2.15. The first-order valence-electron chi connectivity index (χ1n) is 4.27. The van der Waals surface area contributed by atoms with Crippen LogP contribution in [0.3, 0.4) is 0 Å². The Balaban J connectivity index is 2.14. The van der Waals surface area contributed by atoms with Crippen molar-refractivity contribution in [1.82, 2.24) is 9.97 Å². The van der Waals surface area contributed by atoms with Crippen LogP contribution in [0.2, 0.25) is 0 Å². The predicted octanol–water partition coefficient (Wildman–Crippen LogP) is 0.904. The molecule has 2 heterocycles. The van der Waals surface area contributed by atoms with Gasteiger partial charge in [-0.25, -0.2) is 18.7 Å². The summed E-state index contributed by atoms with van der Waals surface area (Å²) in [5, 5.41) is 0. The van der Waals surface area contributed by atoms with Crippen molar-refractivity contribution in [1.29, 1.82) is 0 Å². The van der Waals surface area contributed by atoms with Crippen molar-refractivity contribution in [3.05, 3.63) is 12.4 Å². The molecule has 1 aliphatic heterocycles. The van der Waals surface area contributed by atoms with Crippen molar-refractivity contribution in [3.8, 4) is 0 Å². The molecule has 1 aromatic heterocycles. The summed E-state index contributed by atoms with van der Waals surface area (Å²) in [7, 11) is 0. The minimum absolute atomic E-state index is 0.126. The molecule has 14 heavy (non-hydrogen) atoms. The van der Waals surface area contributed by atoms with Crippen molar-refractivity contribution < 1.29 is 8.78 Å². The molecule has 0 spiro atoms. The van der Waals surface area contributed by atoms with Crippen LogP contribution >= 0.6 is 0 Å². The van der Waals surface area contributed by atoms with Gasteiger partial charge in [0.15, 0.2) is 0 Å². The van der Waals surface area contributed by atoms with Gasteiger partial charge in [-0.1, -0.05) is 0 Å². The molecule has 0 aromatic carbocycles. The second-order valence-corrected chi connectivity index (χ2v) is 3.33. The molecule has 2 N–H and O–H groups in total. The van der Waals surface area contributed by atoms with E-state index in [1.54, 1.807) is 0 Å². The van der Waals surface area contributed by atoms with Gasteiger partial charge in [-0.2, -0.15) is 0 Å². The molecule has 0 atom stereocenters. The van der Waals surface area contributed by atoms with Gasteiger partial charge in [0, 0.05) is 13.0 Å². The molecule has 0 saturated carbocycles. The van der Waals surface area contributed by atoms with Gasteiger partial charge in [0.25, 0.3) is 5.92 Å². The monoisotopic (exact) mass is 200 g/mol. The summed E-state index contributed by atoms with van der Waals surface area (Å²) in [6.45, 7) is 0.0250. The van der Waals surface area contributed by atoms with E-state index in [4.69, 9.17) is 5.73 Å². The number of nitrogens with two attached hydrogens (primary N) is 1. The molecule has 4 nitrogen and oxygen atoms in total. The maximum atomic E-state index is 12.8. The molecule has 6 heteroatoms. The summed E-state index contributed by atoms with van der Waals surface area (Å²) in [5.41, 5.74) is 5.34. The third-order valence-corrected chi connectivity index (χ3v) is 2.15. The molecule has 0 amide bonds. The quantitative estimate of drug-likeness (QED) is 0.731. The molecule has 0 radical (unpaired) electrons. The molecular formula is C8H10F2N4. The molecule has 0 unspecified atom stereocenters. The minimum atomic E-state index is -2.61. The first-order chi connectivity index (χ1) is 6.57. The van der Waals surface area contributed by atoms with E-state index in [0.717, 1.165) is 0 Å². The Morgan fingerprint density at radius 3 is 2.64 bits per heavy atom. The zero-order valence-electron chi connectivity index (χ0n) is 7.45. The molecule has 1 aliphatic rings. The molecular weight excluding hydrogens is 190 g/mol. The lowest BCUT2D eigenvalue weighted by molar-refractivity contribution is 0.0256. The van der Waals surface area contributed by atoms with Crippen molar-refractivity contribution in [2.24, 2.45) is 0 Å². The van der Waals surface area contributed by atoms with Gasteiger partial charge in [-0.05, 0) is 0 Å². The highest BCUT2D eigenvalue weighted by molar-refractivity contribution is 5.40. The Kier molecular flexibility index (Phi) is 1.98. The Morgan fingerprint density at radius 1 is 1.36 bits per heavy atom. The van der Waals surface area contributed by atoms with Gasteiger partial charge < -0.3 is 10.6 Å². The first-order valence-corrected chi connectivity index (χ1v) is 4.27. The molecule has 0 aliphatic carbocycles. The highest BCUT2D eigenvalue weighted by Crippen LogP contribution is 2.29. The molecule has 1 fully saturated rings. The van der Waals surface area contributed by atoms with E-state index in [1.807, 2.05) is 0 Å². The zero-order chi connectivity index (χ0) is 10.2. The standard InChI is InChI=1S/C8H10F2N4/c9-8(10)1-2-14(5-8)7-4-12-6(11)3-13-7/h3-4H,1-2,5H2,(H2,11,12). The second-order valence-electron chi connectivity index (χ2n) is 3.33. The SMILES string of the molecule is Nc1cnc(N2CCC(F)(F)C2)cn1. The first kappa shape index (κ1) is 9.11. The van der Waals surface area contributed by atoms with E-state index in [0.29, 0.717) is 18.2 Å². The third-order valence-electron chi connectivity index (χ3n) is 2.15. The number of halogens is 2. The van der Waals surface area contributed by atoms with Gasteiger partial charge in [0.2, 0.25) is 0 Å². The number of nitrogens with zero attached hydrogens (tertiary/aromatic N) is 3. The molecule has 1 aromatic rings. The third kappa shape index (κ3) is 1.73. The summed E-state index contributed by atoms with van der Waals surface area (Å²) in [4.78, 5) is 9.24. The van der Waals surface area contributed by atoms with Crippen LogP contribution in [-0.2, 0) is 0 Å². The van der Waals surface area contributed by atoms with Crippen LogP contribution in [0.15, 0.2) is 12.4 Å². The van der Waals surface area contributed by atoms with Crippen molar-refractivity contribution in [2.45, 2.75) is 12.3 Å². The molecule has 76 valence electrons. The molecule has 1 saturated heterocycles. The number of alkyl halides is 2. The fourth-order valence-corrected chi connectivity index (χ4v) is 1.43. The van der Waals surface area contributed by atoms with E-state index in [9.17, 15) is 8.78 Å². The van der Waals surface area contributed by atoms with Crippen LogP contribution in [-0.4, -0.2) is 29.0 Å². The number of nitrogen functional groups attached to an aromatic ring is 1. The van der Waals surface area contributed by atoms with Crippen LogP contribution in [0.1, 0.15) is 6.42 Å². The number of hydrogen-bond acceptors (Lipinski definition) is 4. The second kappa shape index (κ2) is 3.04.